The Morgan fingerprint density at radius 1 is 1.53 bits per heavy atom. The van der Waals surface area contributed by atoms with E-state index in [0.717, 1.165) is 12.8 Å². The number of primary amides is 1. The van der Waals surface area contributed by atoms with E-state index in [4.69, 9.17) is 10.6 Å². The van der Waals surface area contributed by atoms with E-state index in [1.165, 1.54) is 4.90 Å². The third kappa shape index (κ3) is 4.60. The molecule has 0 aliphatic carbocycles. The second-order valence-electron chi connectivity index (χ2n) is 4.79. The first kappa shape index (κ1) is 13.8. The summed E-state index contributed by atoms with van der Waals surface area (Å²) >= 11 is 0. The SMILES string of the molecule is CC(C)CONC(=O)C1CCCN(C(N)=O)C1. The monoisotopic (exact) mass is 243 g/mol. The Hall–Kier alpha value is -1.30. The third-order valence-electron chi connectivity index (χ3n) is 2.69. The van der Waals surface area contributed by atoms with Gasteiger partial charge in [0.25, 0.3) is 0 Å². The number of rotatable bonds is 4. The highest BCUT2D eigenvalue weighted by molar-refractivity contribution is 5.79. The fourth-order valence-corrected chi connectivity index (χ4v) is 1.75. The standard InChI is InChI=1S/C11H21N3O3/c1-8(2)7-17-13-10(15)9-4-3-5-14(6-9)11(12)16/h8-9H,3-7H2,1-2H3,(H2,12,16)(H,13,15). The molecule has 17 heavy (non-hydrogen) atoms. The first-order chi connectivity index (χ1) is 8.00. The quantitative estimate of drug-likeness (QED) is 0.704. The fraction of sp³-hybridized carbons (Fsp3) is 0.818. The molecule has 1 fully saturated rings. The van der Waals surface area contributed by atoms with Crippen LogP contribution in [-0.4, -0.2) is 36.5 Å². The number of nitrogens with one attached hydrogen (secondary N) is 1. The van der Waals surface area contributed by atoms with Crippen LogP contribution in [0.3, 0.4) is 0 Å². The van der Waals surface area contributed by atoms with E-state index in [1.807, 2.05) is 13.8 Å². The molecule has 6 heteroatoms. The average molecular weight is 243 g/mol. The minimum atomic E-state index is -0.467. The zero-order valence-electron chi connectivity index (χ0n) is 10.4. The number of hydroxylamine groups is 1. The molecule has 1 rings (SSSR count). The van der Waals surface area contributed by atoms with Crippen LogP contribution in [0.4, 0.5) is 4.79 Å². The maximum absolute atomic E-state index is 11.7. The smallest absolute Gasteiger partial charge is 0.314 e. The van der Waals surface area contributed by atoms with Crippen molar-refractivity contribution in [2.75, 3.05) is 19.7 Å². The summed E-state index contributed by atoms with van der Waals surface area (Å²) in [4.78, 5) is 29.3. The predicted molar refractivity (Wildman–Crippen MR) is 62.8 cm³/mol. The van der Waals surface area contributed by atoms with Crippen LogP contribution >= 0.6 is 0 Å². The lowest BCUT2D eigenvalue weighted by Crippen LogP contribution is -2.47. The lowest BCUT2D eigenvalue weighted by Gasteiger charge is -2.30. The fourth-order valence-electron chi connectivity index (χ4n) is 1.75. The number of hydrogen-bond acceptors (Lipinski definition) is 3. The van der Waals surface area contributed by atoms with Gasteiger partial charge in [-0.3, -0.25) is 9.63 Å². The van der Waals surface area contributed by atoms with E-state index in [1.54, 1.807) is 0 Å². The molecule has 6 nitrogen and oxygen atoms in total. The Morgan fingerprint density at radius 3 is 2.82 bits per heavy atom. The van der Waals surface area contributed by atoms with E-state index in [2.05, 4.69) is 5.48 Å². The van der Waals surface area contributed by atoms with Crippen LogP contribution in [0.5, 0.6) is 0 Å². The van der Waals surface area contributed by atoms with Gasteiger partial charge >= 0.3 is 6.03 Å². The minimum absolute atomic E-state index is 0.170. The first-order valence-electron chi connectivity index (χ1n) is 5.96. The molecule has 1 atom stereocenters. The van der Waals surface area contributed by atoms with Gasteiger partial charge in [0.05, 0.1) is 12.5 Å². The minimum Gasteiger partial charge on any atom is -0.351 e. The van der Waals surface area contributed by atoms with Gasteiger partial charge in [-0.2, -0.15) is 0 Å². The molecule has 1 saturated heterocycles. The second-order valence-corrected chi connectivity index (χ2v) is 4.79. The van der Waals surface area contributed by atoms with Crippen molar-refractivity contribution in [3.63, 3.8) is 0 Å². The largest absolute Gasteiger partial charge is 0.351 e. The highest BCUT2D eigenvalue weighted by atomic mass is 16.6. The van der Waals surface area contributed by atoms with Gasteiger partial charge in [-0.1, -0.05) is 13.8 Å². The Balaban J connectivity index is 2.33. The van der Waals surface area contributed by atoms with Crippen molar-refractivity contribution in [2.24, 2.45) is 17.6 Å². The Labute approximate surface area is 101 Å². The third-order valence-corrected chi connectivity index (χ3v) is 2.69. The van der Waals surface area contributed by atoms with Gasteiger partial charge in [0, 0.05) is 13.1 Å². The van der Waals surface area contributed by atoms with Gasteiger partial charge in [-0.05, 0) is 18.8 Å². The number of hydrogen-bond donors (Lipinski definition) is 2. The molecule has 0 aromatic heterocycles. The number of piperidine rings is 1. The molecule has 3 N–H and O–H groups in total. The summed E-state index contributed by atoms with van der Waals surface area (Å²) in [5.74, 6) is -0.0243. The molecule has 0 bridgehead atoms. The van der Waals surface area contributed by atoms with E-state index in [9.17, 15) is 9.59 Å². The van der Waals surface area contributed by atoms with E-state index < -0.39 is 6.03 Å². The van der Waals surface area contributed by atoms with Gasteiger partial charge < -0.3 is 10.6 Å². The van der Waals surface area contributed by atoms with Crippen LogP contribution < -0.4 is 11.2 Å². The van der Waals surface area contributed by atoms with Crippen molar-refractivity contribution in [3.8, 4) is 0 Å². The Bertz CT molecular complexity index is 281. The van der Waals surface area contributed by atoms with Gasteiger partial charge in [-0.15, -0.1) is 0 Å². The van der Waals surface area contributed by atoms with Crippen LogP contribution in [0.1, 0.15) is 26.7 Å². The summed E-state index contributed by atoms with van der Waals surface area (Å²) in [6.45, 7) is 5.50. The summed E-state index contributed by atoms with van der Waals surface area (Å²) < 4.78 is 0. The van der Waals surface area contributed by atoms with Gasteiger partial charge in [0.1, 0.15) is 0 Å². The Kier molecular flexibility index (Phi) is 5.21. The number of nitrogens with two attached hydrogens (primary N) is 1. The van der Waals surface area contributed by atoms with E-state index in [0.29, 0.717) is 25.6 Å². The van der Waals surface area contributed by atoms with Gasteiger partial charge in [0.15, 0.2) is 0 Å². The van der Waals surface area contributed by atoms with E-state index in [-0.39, 0.29) is 11.8 Å². The topological polar surface area (TPSA) is 84.7 Å². The number of carbonyl (C=O) groups is 2. The summed E-state index contributed by atoms with van der Waals surface area (Å²) in [7, 11) is 0. The highest BCUT2D eigenvalue weighted by Gasteiger charge is 2.27. The molecule has 1 aliphatic rings. The van der Waals surface area contributed by atoms with Crippen LogP contribution in [0.2, 0.25) is 0 Å². The molecule has 0 radical (unpaired) electrons. The number of likely N-dealkylation sites (tertiary alicyclic amines) is 1. The van der Waals surface area contributed by atoms with Crippen molar-refractivity contribution in [2.45, 2.75) is 26.7 Å². The molecule has 1 unspecified atom stereocenters. The molecule has 0 spiro atoms. The number of urea groups is 1. The molecule has 3 amide bonds. The molecule has 0 saturated carbocycles. The first-order valence-corrected chi connectivity index (χ1v) is 5.96. The van der Waals surface area contributed by atoms with Gasteiger partial charge in [0.2, 0.25) is 5.91 Å². The summed E-state index contributed by atoms with van der Waals surface area (Å²) in [5, 5.41) is 0. The summed E-state index contributed by atoms with van der Waals surface area (Å²) in [6, 6.07) is -0.467. The molecule has 98 valence electrons. The lowest BCUT2D eigenvalue weighted by atomic mass is 9.98. The van der Waals surface area contributed by atoms with Crippen molar-refractivity contribution in [1.82, 2.24) is 10.4 Å². The molecular formula is C11H21N3O3. The molecule has 1 heterocycles. The normalized spacial score (nSPS) is 20.4. The Morgan fingerprint density at radius 2 is 2.24 bits per heavy atom. The summed E-state index contributed by atoms with van der Waals surface area (Å²) in [5.41, 5.74) is 7.62. The van der Waals surface area contributed by atoms with Crippen molar-refractivity contribution < 1.29 is 14.4 Å². The van der Waals surface area contributed by atoms with Crippen molar-refractivity contribution >= 4 is 11.9 Å². The van der Waals surface area contributed by atoms with Crippen LogP contribution in [0, 0.1) is 11.8 Å². The molecular weight excluding hydrogens is 222 g/mol. The number of carbonyl (C=O) groups excluding carboxylic acids is 2. The van der Waals surface area contributed by atoms with Crippen LogP contribution in [-0.2, 0) is 9.63 Å². The van der Waals surface area contributed by atoms with Crippen molar-refractivity contribution in [1.29, 1.82) is 0 Å². The van der Waals surface area contributed by atoms with Crippen LogP contribution in [0.15, 0.2) is 0 Å². The maximum Gasteiger partial charge on any atom is 0.314 e. The average Bonchev–Trinajstić information content (AvgIpc) is 2.28. The maximum atomic E-state index is 11.7. The second kappa shape index (κ2) is 6.44. The molecule has 0 aromatic carbocycles. The number of nitrogens with zero attached hydrogens (tertiary/aromatic N) is 1. The lowest BCUT2D eigenvalue weighted by molar-refractivity contribution is -0.139. The predicted octanol–water partition coefficient (Wildman–Crippen LogP) is 0.481. The molecule has 0 aromatic rings. The highest BCUT2D eigenvalue weighted by Crippen LogP contribution is 2.16. The zero-order chi connectivity index (χ0) is 12.8. The zero-order valence-corrected chi connectivity index (χ0v) is 10.4. The van der Waals surface area contributed by atoms with E-state index >= 15 is 0 Å². The summed E-state index contributed by atoms with van der Waals surface area (Å²) in [6.07, 6.45) is 1.56. The molecule has 1 aliphatic heterocycles. The number of amides is 3. The van der Waals surface area contributed by atoms with Crippen LogP contribution in [0.25, 0.3) is 0 Å². The van der Waals surface area contributed by atoms with Crippen molar-refractivity contribution in [3.05, 3.63) is 0 Å². The van der Waals surface area contributed by atoms with Gasteiger partial charge in [-0.25, -0.2) is 10.3 Å².